The number of hydrogen-bond acceptors (Lipinski definition) is 7. The monoisotopic (exact) mass is 488 g/mol. The number of aromatic nitrogens is 1. The minimum atomic E-state index is -3.62. The zero-order chi connectivity index (χ0) is 24.0. The third kappa shape index (κ3) is 5.81. The van der Waals surface area contributed by atoms with Crippen molar-refractivity contribution in [3.8, 4) is 11.3 Å². The quantitative estimate of drug-likeness (QED) is 0.324. The lowest BCUT2D eigenvalue weighted by Crippen LogP contribution is -2.31. The summed E-state index contributed by atoms with van der Waals surface area (Å²) in [6.07, 6.45) is 1.67. The molecule has 1 heterocycles. The van der Waals surface area contributed by atoms with Crippen LogP contribution in [0.25, 0.3) is 11.3 Å². The predicted molar refractivity (Wildman–Crippen MR) is 128 cm³/mol. The molecular formula is C22H24N4O5S2. The van der Waals surface area contributed by atoms with Crippen LogP contribution in [0.1, 0.15) is 37.0 Å². The fourth-order valence-corrected chi connectivity index (χ4v) is 5.32. The van der Waals surface area contributed by atoms with Gasteiger partial charge in [0.2, 0.25) is 10.0 Å². The molecule has 0 fully saturated rings. The van der Waals surface area contributed by atoms with Gasteiger partial charge in [0.25, 0.3) is 11.6 Å². The van der Waals surface area contributed by atoms with Gasteiger partial charge in [-0.25, -0.2) is 13.4 Å². The molecule has 0 aliphatic carbocycles. The first-order chi connectivity index (χ1) is 15.8. The molecule has 1 N–H and O–H groups in total. The summed E-state index contributed by atoms with van der Waals surface area (Å²) in [5, 5.41) is 15.7. The molecule has 0 atom stereocenters. The van der Waals surface area contributed by atoms with Crippen molar-refractivity contribution >= 4 is 38.1 Å². The number of nitro benzene ring substituents is 1. The summed E-state index contributed by atoms with van der Waals surface area (Å²) in [5.41, 5.74) is 1.32. The third-order valence-electron chi connectivity index (χ3n) is 4.95. The average Bonchev–Trinajstić information content (AvgIpc) is 3.28. The predicted octanol–water partition coefficient (Wildman–Crippen LogP) is 4.78. The van der Waals surface area contributed by atoms with Crippen LogP contribution in [0.3, 0.4) is 0 Å². The lowest BCUT2D eigenvalue weighted by Gasteiger charge is -2.20. The van der Waals surface area contributed by atoms with E-state index < -0.39 is 20.9 Å². The number of non-ortho nitro benzene ring substituents is 1. The van der Waals surface area contributed by atoms with Gasteiger partial charge in [0.05, 0.1) is 15.5 Å². The van der Waals surface area contributed by atoms with E-state index in [1.54, 1.807) is 24.4 Å². The SMILES string of the molecule is CCCCN(CC)S(=O)(=O)c1ccc(C(=O)Nc2nc(-c3cccc([N+](=O)[O-])c3)cs2)cc1. The molecule has 0 spiro atoms. The fraction of sp³-hybridized carbons (Fsp3) is 0.273. The van der Waals surface area contributed by atoms with Gasteiger partial charge in [-0.2, -0.15) is 4.31 Å². The van der Waals surface area contributed by atoms with Gasteiger partial charge in [-0.3, -0.25) is 20.2 Å². The van der Waals surface area contributed by atoms with E-state index in [1.807, 2.05) is 6.92 Å². The lowest BCUT2D eigenvalue weighted by atomic mass is 10.1. The Labute approximate surface area is 196 Å². The first kappa shape index (κ1) is 24.5. The van der Waals surface area contributed by atoms with E-state index in [0.29, 0.717) is 29.5 Å². The highest BCUT2D eigenvalue weighted by atomic mass is 32.2. The maximum absolute atomic E-state index is 12.8. The van der Waals surface area contributed by atoms with Crippen molar-refractivity contribution in [3.05, 3.63) is 69.6 Å². The van der Waals surface area contributed by atoms with Crippen molar-refractivity contribution in [3.63, 3.8) is 0 Å². The first-order valence-electron chi connectivity index (χ1n) is 10.4. The molecule has 0 aliphatic rings. The molecule has 0 aliphatic heterocycles. The molecule has 0 bridgehead atoms. The second kappa shape index (κ2) is 10.6. The molecule has 1 amide bonds. The second-order valence-electron chi connectivity index (χ2n) is 7.17. The Morgan fingerprint density at radius 3 is 2.55 bits per heavy atom. The number of nitrogens with zero attached hydrogens (tertiary/aromatic N) is 3. The van der Waals surface area contributed by atoms with Gasteiger partial charge in [-0.15, -0.1) is 11.3 Å². The van der Waals surface area contributed by atoms with Crippen LogP contribution in [0.15, 0.2) is 58.8 Å². The summed E-state index contributed by atoms with van der Waals surface area (Å²) >= 11 is 1.19. The Morgan fingerprint density at radius 2 is 1.91 bits per heavy atom. The summed E-state index contributed by atoms with van der Waals surface area (Å²) < 4.78 is 27.1. The van der Waals surface area contributed by atoms with Crippen molar-refractivity contribution in [1.82, 2.24) is 9.29 Å². The number of rotatable bonds is 10. The van der Waals surface area contributed by atoms with Crippen LogP contribution in [-0.2, 0) is 10.0 Å². The van der Waals surface area contributed by atoms with Gasteiger partial charge in [0.1, 0.15) is 0 Å². The number of carbonyl (C=O) groups is 1. The number of unbranched alkanes of at least 4 members (excludes halogenated alkanes) is 1. The Hall–Kier alpha value is -3.15. The van der Waals surface area contributed by atoms with Crippen LogP contribution in [0.4, 0.5) is 10.8 Å². The number of anilines is 1. The van der Waals surface area contributed by atoms with Crippen molar-refractivity contribution in [2.45, 2.75) is 31.6 Å². The topological polar surface area (TPSA) is 123 Å². The molecule has 11 heteroatoms. The molecule has 33 heavy (non-hydrogen) atoms. The molecule has 0 saturated heterocycles. The Bertz CT molecular complexity index is 1240. The minimum Gasteiger partial charge on any atom is -0.298 e. The van der Waals surface area contributed by atoms with Gasteiger partial charge in [0.15, 0.2) is 5.13 Å². The second-order valence-corrected chi connectivity index (χ2v) is 9.97. The summed E-state index contributed by atoms with van der Waals surface area (Å²) in [6, 6.07) is 11.9. The number of benzene rings is 2. The van der Waals surface area contributed by atoms with E-state index in [2.05, 4.69) is 10.3 Å². The lowest BCUT2D eigenvalue weighted by molar-refractivity contribution is -0.384. The number of hydrogen-bond donors (Lipinski definition) is 1. The fourth-order valence-electron chi connectivity index (χ4n) is 3.12. The van der Waals surface area contributed by atoms with Crippen LogP contribution in [0, 0.1) is 10.1 Å². The van der Waals surface area contributed by atoms with Gasteiger partial charge >= 0.3 is 0 Å². The summed E-state index contributed by atoms with van der Waals surface area (Å²) in [6.45, 7) is 4.63. The molecule has 1 aromatic heterocycles. The third-order valence-corrected chi connectivity index (χ3v) is 7.69. The summed E-state index contributed by atoms with van der Waals surface area (Å²) in [7, 11) is -3.62. The highest BCUT2D eigenvalue weighted by molar-refractivity contribution is 7.89. The van der Waals surface area contributed by atoms with Gasteiger partial charge in [-0.05, 0) is 30.7 Å². The summed E-state index contributed by atoms with van der Waals surface area (Å²) in [5.74, 6) is -0.433. The van der Waals surface area contributed by atoms with Crippen molar-refractivity contribution in [1.29, 1.82) is 0 Å². The Morgan fingerprint density at radius 1 is 1.18 bits per heavy atom. The van der Waals surface area contributed by atoms with E-state index in [1.165, 1.54) is 52.0 Å². The van der Waals surface area contributed by atoms with Crippen LogP contribution in [0.2, 0.25) is 0 Å². The van der Waals surface area contributed by atoms with E-state index >= 15 is 0 Å². The van der Waals surface area contributed by atoms with Crippen LogP contribution in [-0.4, -0.2) is 41.6 Å². The van der Waals surface area contributed by atoms with Crippen LogP contribution < -0.4 is 5.32 Å². The molecule has 0 saturated carbocycles. The maximum Gasteiger partial charge on any atom is 0.270 e. The zero-order valence-corrected chi connectivity index (χ0v) is 19.9. The Balaban J connectivity index is 1.72. The first-order valence-corrected chi connectivity index (χ1v) is 12.7. The molecule has 0 unspecified atom stereocenters. The minimum absolute atomic E-state index is 0.0440. The number of nitro groups is 1. The van der Waals surface area contributed by atoms with Crippen LogP contribution in [0.5, 0.6) is 0 Å². The molecule has 2 aromatic carbocycles. The smallest absolute Gasteiger partial charge is 0.270 e. The standard InChI is InChI=1S/C22H24N4O5S2/c1-3-5-13-25(4-2)33(30,31)19-11-9-16(10-12-19)21(27)24-22-23-20(15-32-22)17-7-6-8-18(14-17)26(28)29/h6-12,14-15H,3-5,13H2,1-2H3,(H,23,24,27). The highest BCUT2D eigenvalue weighted by Crippen LogP contribution is 2.28. The van der Waals surface area contributed by atoms with Gasteiger partial charge in [0, 0.05) is 41.7 Å². The molecule has 3 aromatic rings. The molecule has 9 nitrogen and oxygen atoms in total. The average molecular weight is 489 g/mol. The van der Waals surface area contributed by atoms with Gasteiger partial charge < -0.3 is 0 Å². The number of amides is 1. The zero-order valence-electron chi connectivity index (χ0n) is 18.2. The normalized spacial score (nSPS) is 11.5. The van der Waals surface area contributed by atoms with Gasteiger partial charge in [-0.1, -0.05) is 32.4 Å². The Kier molecular flexibility index (Phi) is 7.90. The summed E-state index contributed by atoms with van der Waals surface area (Å²) in [4.78, 5) is 27.6. The van der Waals surface area contributed by atoms with Crippen molar-refractivity contribution in [2.75, 3.05) is 18.4 Å². The maximum atomic E-state index is 12.8. The van der Waals surface area contributed by atoms with Crippen molar-refractivity contribution in [2.24, 2.45) is 0 Å². The van der Waals surface area contributed by atoms with Crippen LogP contribution >= 0.6 is 11.3 Å². The van der Waals surface area contributed by atoms with E-state index in [4.69, 9.17) is 0 Å². The largest absolute Gasteiger partial charge is 0.298 e. The molecule has 174 valence electrons. The number of nitrogens with one attached hydrogen (secondary N) is 1. The number of sulfonamides is 1. The van der Waals surface area contributed by atoms with E-state index in [-0.39, 0.29) is 16.1 Å². The number of carbonyl (C=O) groups excluding carboxylic acids is 1. The molecule has 3 rings (SSSR count). The molecule has 0 radical (unpaired) electrons. The van der Waals surface area contributed by atoms with Crippen molar-refractivity contribution < 1.29 is 18.1 Å². The van der Waals surface area contributed by atoms with E-state index in [0.717, 1.165) is 12.8 Å². The molecular weight excluding hydrogens is 464 g/mol. The van der Waals surface area contributed by atoms with E-state index in [9.17, 15) is 23.3 Å². The number of thiazole rings is 1. The highest BCUT2D eigenvalue weighted by Gasteiger charge is 2.23.